The van der Waals surface area contributed by atoms with Crippen LogP contribution < -0.4 is 4.90 Å². The normalized spacial score (nSPS) is 37.5. The Morgan fingerprint density at radius 1 is 0.833 bits per heavy atom. The molecule has 0 unspecified atom stereocenters. The van der Waals surface area contributed by atoms with Crippen LogP contribution in [-0.4, -0.2) is 21.5 Å². The Morgan fingerprint density at radius 3 is 2.04 bits per heavy atom. The number of fused-ring (bicyclic) bond motifs is 6. The first-order chi connectivity index (χ1) is 11.6. The van der Waals surface area contributed by atoms with Crippen molar-refractivity contribution in [1.82, 2.24) is 0 Å². The average Bonchev–Trinajstić information content (AvgIpc) is 3.19. The summed E-state index contributed by atoms with van der Waals surface area (Å²) in [5, 5.41) is 2.16. The van der Waals surface area contributed by atoms with Gasteiger partial charge in [0.2, 0.25) is 11.8 Å². The van der Waals surface area contributed by atoms with Crippen LogP contribution in [0.5, 0.6) is 0 Å². The molecule has 3 nitrogen and oxygen atoms in total. The maximum atomic E-state index is 13.0. The van der Waals surface area contributed by atoms with Crippen molar-refractivity contribution >= 4 is 60.1 Å². The van der Waals surface area contributed by atoms with Gasteiger partial charge >= 0.3 is 0 Å². The third-order valence-electron chi connectivity index (χ3n) is 5.98. The van der Waals surface area contributed by atoms with Crippen LogP contribution >= 0.6 is 31.9 Å². The maximum absolute atomic E-state index is 13.0. The van der Waals surface area contributed by atoms with Crippen molar-refractivity contribution < 1.29 is 9.59 Å². The van der Waals surface area contributed by atoms with E-state index in [9.17, 15) is 9.59 Å². The van der Waals surface area contributed by atoms with E-state index >= 15 is 0 Å². The Hall–Kier alpha value is -1.20. The second-order valence-corrected chi connectivity index (χ2v) is 9.16. The van der Waals surface area contributed by atoms with Gasteiger partial charge in [-0.1, -0.05) is 62.2 Å². The van der Waals surface area contributed by atoms with Gasteiger partial charge in [-0.2, -0.15) is 0 Å². The minimum Gasteiger partial charge on any atom is -0.274 e. The minimum atomic E-state index is -0.160. The lowest BCUT2D eigenvalue weighted by Gasteiger charge is -2.28. The molecule has 0 radical (unpaired) electrons. The van der Waals surface area contributed by atoms with Gasteiger partial charge < -0.3 is 0 Å². The fraction of sp³-hybridized carbons (Fsp3) is 0.368. The number of carbonyl (C=O) groups is 2. The summed E-state index contributed by atoms with van der Waals surface area (Å²) in [5.74, 6) is 0.158. The number of nitrogens with zero attached hydrogens (tertiary/aromatic N) is 1. The quantitative estimate of drug-likeness (QED) is 0.486. The van der Waals surface area contributed by atoms with E-state index in [1.807, 2.05) is 42.5 Å². The van der Waals surface area contributed by atoms with Crippen LogP contribution in [0.4, 0.5) is 5.69 Å². The predicted molar refractivity (Wildman–Crippen MR) is 100 cm³/mol. The third-order valence-corrected chi connectivity index (χ3v) is 9.18. The summed E-state index contributed by atoms with van der Waals surface area (Å²) in [6.45, 7) is 0. The molecular formula is C19H15Br2NO2. The number of rotatable bonds is 1. The molecule has 0 spiro atoms. The van der Waals surface area contributed by atoms with E-state index in [1.54, 1.807) is 0 Å². The highest BCUT2D eigenvalue weighted by Gasteiger charge is 2.66. The number of halogens is 2. The number of hydrogen-bond acceptors (Lipinski definition) is 2. The molecule has 3 fully saturated rings. The number of hydrogen-bond donors (Lipinski definition) is 0. The first-order valence-corrected chi connectivity index (χ1v) is 10.1. The van der Waals surface area contributed by atoms with Crippen LogP contribution in [-0.2, 0) is 9.59 Å². The van der Waals surface area contributed by atoms with Gasteiger partial charge in [-0.15, -0.1) is 0 Å². The van der Waals surface area contributed by atoms with E-state index in [1.165, 1.54) is 4.90 Å². The van der Waals surface area contributed by atoms with Gasteiger partial charge in [0.1, 0.15) is 0 Å². The smallest absolute Gasteiger partial charge is 0.238 e. The Bertz CT molecular complexity index is 851. The Labute approximate surface area is 156 Å². The summed E-state index contributed by atoms with van der Waals surface area (Å²) >= 11 is 7.45. The zero-order chi connectivity index (χ0) is 16.6. The van der Waals surface area contributed by atoms with Crippen molar-refractivity contribution in [1.29, 1.82) is 0 Å². The molecule has 2 aromatic rings. The molecule has 2 saturated carbocycles. The van der Waals surface area contributed by atoms with Gasteiger partial charge in [0, 0.05) is 9.65 Å². The molecule has 1 saturated heterocycles. The highest BCUT2D eigenvalue weighted by atomic mass is 79.9. The van der Waals surface area contributed by atoms with Crippen molar-refractivity contribution in [2.75, 3.05) is 4.90 Å². The van der Waals surface area contributed by atoms with Gasteiger partial charge in [0.25, 0.3) is 0 Å². The van der Waals surface area contributed by atoms with Crippen LogP contribution in [0, 0.1) is 23.7 Å². The molecule has 0 N–H and O–H groups in total. The Balaban J connectivity index is 1.57. The minimum absolute atomic E-state index is 0.0170. The van der Waals surface area contributed by atoms with Gasteiger partial charge in [0.05, 0.1) is 17.5 Å². The molecule has 1 heterocycles. The molecule has 24 heavy (non-hydrogen) atoms. The SMILES string of the molecule is O=C1[C@@H]2[C@H]3C[C@@H]([C@H](Br)[C@@H]3Br)[C@@H]2C(=O)N1c1ccc2ccccc2c1. The summed E-state index contributed by atoms with van der Waals surface area (Å²) in [6, 6.07) is 13.8. The molecule has 1 aliphatic heterocycles. The topological polar surface area (TPSA) is 37.4 Å². The zero-order valence-electron chi connectivity index (χ0n) is 12.7. The zero-order valence-corrected chi connectivity index (χ0v) is 15.9. The first kappa shape index (κ1) is 15.1. The van der Waals surface area contributed by atoms with Crippen LogP contribution in [0.25, 0.3) is 10.8 Å². The summed E-state index contributed by atoms with van der Waals surface area (Å²) in [7, 11) is 0. The molecule has 2 aromatic carbocycles. The largest absolute Gasteiger partial charge is 0.274 e. The molecule has 2 amide bonds. The third kappa shape index (κ3) is 1.83. The first-order valence-electron chi connectivity index (χ1n) is 8.22. The van der Waals surface area contributed by atoms with E-state index in [2.05, 4.69) is 31.9 Å². The van der Waals surface area contributed by atoms with Crippen molar-refractivity contribution in [3.63, 3.8) is 0 Å². The van der Waals surface area contributed by atoms with Crippen LogP contribution in [0.15, 0.2) is 42.5 Å². The van der Waals surface area contributed by atoms with Gasteiger partial charge in [-0.05, 0) is 41.2 Å². The van der Waals surface area contributed by atoms with Gasteiger partial charge in [0.15, 0.2) is 0 Å². The van der Waals surface area contributed by atoms with Gasteiger partial charge in [-0.3, -0.25) is 14.5 Å². The fourth-order valence-electron chi connectivity index (χ4n) is 4.92. The van der Waals surface area contributed by atoms with Crippen LogP contribution in [0.3, 0.4) is 0 Å². The molecule has 6 atom stereocenters. The highest BCUT2D eigenvalue weighted by Crippen LogP contribution is 2.60. The standard InChI is InChI=1S/C19H15Br2NO2/c20-16-12-8-13(17(16)21)15-14(12)18(23)22(19(15)24)11-6-5-9-3-1-2-4-10(9)7-11/h1-7,12-17H,8H2/t12-,13-,14-,15+,16-,17+/m1/s1. The second-order valence-electron chi connectivity index (χ2n) is 7.05. The number of benzene rings is 2. The molecule has 2 aliphatic carbocycles. The summed E-state index contributed by atoms with van der Waals surface area (Å²) in [5.41, 5.74) is 0.703. The highest BCUT2D eigenvalue weighted by molar-refractivity contribution is 9.12. The van der Waals surface area contributed by atoms with Crippen molar-refractivity contribution in [3.8, 4) is 0 Å². The molecule has 5 rings (SSSR count). The Morgan fingerprint density at radius 2 is 1.42 bits per heavy atom. The van der Waals surface area contributed by atoms with E-state index in [4.69, 9.17) is 0 Å². The van der Waals surface area contributed by atoms with E-state index in [0.717, 1.165) is 17.2 Å². The second kappa shape index (κ2) is 5.15. The molecular weight excluding hydrogens is 434 g/mol. The van der Waals surface area contributed by atoms with Crippen molar-refractivity contribution in [2.45, 2.75) is 16.1 Å². The Kier molecular flexibility index (Phi) is 3.24. The van der Waals surface area contributed by atoms with E-state index in [-0.39, 0.29) is 45.1 Å². The van der Waals surface area contributed by atoms with Crippen molar-refractivity contribution in [3.05, 3.63) is 42.5 Å². The van der Waals surface area contributed by atoms with Crippen LogP contribution in [0.1, 0.15) is 6.42 Å². The molecule has 2 bridgehead atoms. The molecule has 3 aliphatic rings. The average molecular weight is 449 g/mol. The van der Waals surface area contributed by atoms with Crippen molar-refractivity contribution in [2.24, 2.45) is 23.7 Å². The number of imide groups is 1. The van der Waals surface area contributed by atoms with Crippen LogP contribution in [0.2, 0.25) is 0 Å². The van der Waals surface area contributed by atoms with E-state index < -0.39 is 0 Å². The predicted octanol–water partition coefficient (Wildman–Crippen LogP) is 4.12. The van der Waals surface area contributed by atoms with E-state index in [0.29, 0.717) is 5.69 Å². The summed E-state index contributed by atoms with van der Waals surface area (Å²) in [4.78, 5) is 28.1. The fourth-order valence-corrected chi connectivity index (χ4v) is 6.79. The number of amides is 2. The number of anilines is 1. The summed E-state index contributed by atoms with van der Waals surface area (Å²) < 4.78 is 0. The lowest BCUT2D eigenvalue weighted by atomic mass is 9.81. The monoisotopic (exact) mass is 447 g/mol. The summed E-state index contributed by atoms with van der Waals surface area (Å²) in [6.07, 6.45) is 0.963. The number of alkyl halides is 2. The molecule has 0 aromatic heterocycles. The van der Waals surface area contributed by atoms with Gasteiger partial charge in [-0.25, -0.2) is 0 Å². The maximum Gasteiger partial charge on any atom is 0.238 e. The lowest BCUT2D eigenvalue weighted by molar-refractivity contribution is -0.123. The number of carbonyl (C=O) groups excluding carboxylic acids is 2. The molecule has 122 valence electrons. The lowest BCUT2D eigenvalue weighted by Crippen LogP contribution is -2.37. The molecule has 5 heteroatoms.